The fourth-order valence-corrected chi connectivity index (χ4v) is 4.35. The van der Waals surface area contributed by atoms with Gasteiger partial charge in [0, 0.05) is 23.9 Å². The zero-order valence-corrected chi connectivity index (χ0v) is 20.8. The van der Waals surface area contributed by atoms with Crippen molar-refractivity contribution in [3.8, 4) is 5.75 Å². The van der Waals surface area contributed by atoms with E-state index in [-0.39, 0.29) is 35.7 Å². The molecule has 0 aliphatic carbocycles. The van der Waals surface area contributed by atoms with Crippen molar-refractivity contribution in [3.05, 3.63) is 76.0 Å². The zero-order valence-electron chi connectivity index (χ0n) is 20.1. The SMILES string of the molecule is COC(=O)C1=C(C)N(c2cccc(Cl)c2)C(=O)C1=Cc1ccc(OCC(=O)NCC2CCCO2)cc1. The Bertz CT molecular complexity index is 1220. The lowest BCUT2D eigenvalue weighted by atomic mass is 10.0. The third-order valence-corrected chi connectivity index (χ3v) is 6.20. The summed E-state index contributed by atoms with van der Waals surface area (Å²) >= 11 is 6.12. The monoisotopic (exact) mass is 510 g/mol. The number of nitrogens with one attached hydrogen (secondary N) is 1. The molecular formula is C27H27ClN2O6. The van der Waals surface area contributed by atoms with Crippen LogP contribution in [0, 0.1) is 0 Å². The van der Waals surface area contributed by atoms with Gasteiger partial charge in [-0.2, -0.15) is 0 Å². The van der Waals surface area contributed by atoms with E-state index in [2.05, 4.69) is 5.32 Å². The van der Waals surface area contributed by atoms with Gasteiger partial charge in [0.1, 0.15) is 5.75 Å². The highest BCUT2D eigenvalue weighted by atomic mass is 35.5. The van der Waals surface area contributed by atoms with E-state index in [0.29, 0.717) is 34.3 Å². The van der Waals surface area contributed by atoms with E-state index in [4.69, 9.17) is 25.8 Å². The zero-order chi connectivity index (χ0) is 25.7. The molecule has 1 saturated heterocycles. The molecule has 0 bridgehead atoms. The van der Waals surface area contributed by atoms with Crippen LogP contribution in [0.5, 0.6) is 5.75 Å². The second-order valence-electron chi connectivity index (χ2n) is 8.43. The van der Waals surface area contributed by atoms with Gasteiger partial charge in [-0.05, 0) is 61.7 Å². The van der Waals surface area contributed by atoms with E-state index < -0.39 is 5.97 Å². The molecule has 188 valence electrons. The van der Waals surface area contributed by atoms with Crippen LogP contribution in [-0.2, 0) is 23.9 Å². The lowest BCUT2D eigenvalue weighted by Crippen LogP contribution is -2.35. The normalized spacial score (nSPS) is 18.6. The number of methoxy groups -OCH3 is 1. The first-order chi connectivity index (χ1) is 17.4. The summed E-state index contributed by atoms with van der Waals surface area (Å²) in [5.74, 6) is -0.690. The molecule has 0 saturated carbocycles. The second kappa shape index (κ2) is 11.4. The van der Waals surface area contributed by atoms with Crippen molar-refractivity contribution in [2.24, 2.45) is 0 Å². The lowest BCUT2D eigenvalue weighted by molar-refractivity contribution is -0.136. The number of hydrogen-bond acceptors (Lipinski definition) is 6. The topological polar surface area (TPSA) is 94.2 Å². The largest absolute Gasteiger partial charge is 0.484 e. The number of carbonyl (C=O) groups is 3. The Morgan fingerprint density at radius 1 is 1.22 bits per heavy atom. The molecule has 1 unspecified atom stereocenters. The molecule has 2 heterocycles. The minimum Gasteiger partial charge on any atom is -0.484 e. The van der Waals surface area contributed by atoms with E-state index >= 15 is 0 Å². The highest BCUT2D eigenvalue weighted by molar-refractivity contribution is 6.31. The van der Waals surface area contributed by atoms with Gasteiger partial charge in [0.25, 0.3) is 11.8 Å². The fourth-order valence-electron chi connectivity index (χ4n) is 4.17. The van der Waals surface area contributed by atoms with Gasteiger partial charge in [0.15, 0.2) is 6.61 Å². The Labute approximate surface area is 214 Å². The van der Waals surface area contributed by atoms with Gasteiger partial charge in [0.05, 0.1) is 30.0 Å². The number of anilines is 1. The molecule has 2 aromatic rings. The summed E-state index contributed by atoms with van der Waals surface area (Å²) in [6.45, 7) is 2.78. The summed E-state index contributed by atoms with van der Waals surface area (Å²) in [6, 6.07) is 13.7. The van der Waals surface area contributed by atoms with Crippen molar-refractivity contribution in [2.75, 3.05) is 31.8 Å². The van der Waals surface area contributed by atoms with Crippen molar-refractivity contribution >= 4 is 41.1 Å². The summed E-state index contributed by atoms with van der Waals surface area (Å²) in [6.07, 6.45) is 3.66. The standard InChI is InChI=1S/C27H27ClN2O6/c1-17-25(27(33)34-2)23(26(32)30(17)20-6-3-5-19(28)14-20)13-18-8-10-21(11-9-18)36-16-24(31)29-15-22-7-4-12-35-22/h3,5-6,8-11,13-14,22H,4,7,12,15-16H2,1-2H3,(H,29,31). The van der Waals surface area contributed by atoms with Crippen LogP contribution in [0.4, 0.5) is 5.69 Å². The molecule has 4 rings (SSSR count). The van der Waals surface area contributed by atoms with Crippen LogP contribution in [0.15, 0.2) is 65.4 Å². The molecule has 2 aliphatic heterocycles. The molecule has 36 heavy (non-hydrogen) atoms. The molecule has 2 aliphatic rings. The Hall–Kier alpha value is -3.62. The van der Waals surface area contributed by atoms with Gasteiger partial charge >= 0.3 is 5.97 Å². The smallest absolute Gasteiger partial charge is 0.340 e. The highest BCUT2D eigenvalue weighted by Gasteiger charge is 2.38. The van der Waals surface area contributed by atoms with Crippen molar-refractivity contribution in [3.63, 3.8) is 0 Å². The fraction of sp³-hybridized carbons (Fsp3) is 0.296. The van der Waals surface area contributed by atoms with Gasteiger partial charge in [-0.15, -0.1) is 0 Å². The van der Waals surface area contributed by atoms with Crippen LogP contribution in [0.2, 0.25) is 5.02 Å². The van der Waals surface area contributed by atoms with E-state index in [9.17, 15) is 14.4 Å². The third kappa shape index (κ3) is 5.78. The van der Waals surface area contributed by atoms with Crippen molar-refractivity contribution in [1.82, 2.24) is 5.32 Å². The van der Waals surface area contributed by atoms with Crippen LogP contribution < -0.4 is 15.0 Å². The van der Waals surface area contributed by atoms with Crippen LogP contribution in [0.25, 0.3) is 6.08 Å². The summed E-state index contributed by atoms with van der Waals surface area (Å²) in [5, 5.41) is 3.28. The maximum Gasteiger partial charge on any atom is 0.340 e. The highest BCUT2D eigenvalue weighted by Crippen LogP contribution is 2.36. The van der Waals surface area contributed by atoms with Gasteiger partial charge in [-0.1, -0.05) is 29.8 Å². The Morgan fingerprint density at radius 2 is 2.00 bits per heavy atom. The lowest BCUT2D eigenvalue weighted by Gasteiger charge is -2.18. The summed E-state index contributed by atoms with van der Waals surface area (Å²) < 4.78 is 16.0. The quantitative estimate of drug-likeness (QED) is 0.428. The number of ether oxygens (including phenoxy) is 3. The molecule has 2 aromatic carbocycles. The minimum atomic E-state index is -0.606. The first-order valence-electron chi connectivity index (χ1n) is 11.6. The summed E-state index contributed by atoms with van der Waals surface area (Å²) in [5.41, 5.74) is 2.08. The Morgan fingerprint density at radius 3 is 2.67 bits per heavy atom. The van der Waals surface area contributed by atoms with Crippen LogP contribution in [0.1, 0.15) is 25.3 Å². The minimum absolute atomic E-state index is 0.0712. The maximum atomic E-state index is 13.4. The van der Waals surface area contributed by atoms with Gasteiger partial charge in [0.2, 0.25) is 0 Å². The molecule has 1 N–H and O–H groups in total. The van der Waals surface area contributed by atoms with Gasteiger partial charge in [-0.25, -0.2) is 4.79 Å². The number of esters is 1. The molecule has 0 radical (unpaired) electrons. The molecule has 0 aromatic heterocycles. The predicted octanol–water partition coefficient (Wildman–Crippen LogP) is 3.89. The van der Waals surface area contributed by atoms with Crippen LogP contribution >= 0.6 is 11.6 Å². The van der Waals surface area contributed by atoms with Crippen LogP contribution in [0.3, 0.4) is 0 Å². The number of nitrogens with zero attached hydrogens (tertiary/aromatic N) is 1. The Balaban J connectivity index is 1.47. The molecular weight excluding hydrogens is 484 g/mol. The maximum absolute atomic E-state index is 13.4. The van der Waals surface area contributed by atoms with E-state index in [1.807, 2.05) is 0 Å². The molecule has 1 atom stereocenters. The van der Waals surface area contributed by atoms with Gasteiger partial charge < -0.3 is 19.5 Å². The number of benzene rings is 2. The first-order valence-corrected chi connectivity index (χ1v) is 12.0. The van der Waals surface area contributed by atoms with Crippen molar-refractivity contribution in [1.29, 1.82) is 0 Å². The molecule has 9 heteroatoms. The number of hydrogen-bond donors (Lipinski definition) is 1. The second-order valence-corrected chi connectivity index (χ2v) is 8.86. The number of carbonyl (C=O) groups excluding carboxylic acids is 3. The first kappa shape index (κ1) is 25.5. The average Bonchev–Trinajstić information content (AvgIpc) is 3.48. The summed E-state index contributed by atoms with van der Waals surface area (Å²) in [7, 11) is 1.27. The molecule has 8 nitrogen and oxygen atoms in total. The number of rotatable bonds is 8. The van der Waals surface area contributed by atoms with Crippen molar-refractivity contribution < 1.29 is 28.6 Å². The number of halogens is 1. The average molecular weight is 511 g/mol. The summed E-state index contributed by atoms with van der Waals surface area (Å²) in [4.78, 5) is 39.4. The van der Waals surface area contributed by atoms with Gasteiger partial charge in [-0.3, -0.25) is 14.5 Å². The third-order valence-electron chi connectivity index (χ3n) is 5.97. The number of amides is 2. The molecule has 0 spiro atoms. The van der Waals surface area contributed by atoms with E-state index in [0.717, 1.165) is 19.4 Å². The predicted molar refractivity (Wildman–Crippen MR) is 136 cm³/mol. The molecule has 2 amide bonds. The number of allylic oxidation sites excluding steroid dienone is 1. The molecule has 1 fully saturated rings. The Kier molecular flexibility index (Phi) is 8.07. The van der Waals surface area contributed by atoms with Crippen molar-refractivity contribution in [2.45, 2.75) is 25.9 Å². The van der Waals surface area contributed by atoms with E-state index in [1.54, 1.807) is 61.5 Å². The van der Waals surface area contributed by atoms with Crippen LogP contribution in [-0.4, -0.2) is 50.8 Å². The van der Waals surface area contributed by atoms with E-state index in [1.165, 1.54) is 12.0 Å².